The molecule has 1 aromatic heterocycles. The molecule has 0 unspecified atom stereocenters. The van der Waals surface area contributed by atoms with Crippen LogP contribution in [-0.4, -0.2) is 32.6 Å². The van der Waals surface area contributed by atoms with Crippen LogP contribution in [0.2, 0.25) is 0 Å². The molecule has 2 rings (SSSR count). The summed E-state index contributed by atoms with van der Waals surface area (Å²) in [7, 11) is 0. The average Bonchev–Trinajstić information content (AvgIpc) is 2.71. The molecule has 0 amide bonds. The summed E-state index contributed by atoms with van der Waals surface area (Å²) in [6.07, 6.45) is 3.10. The highest BCUT2D eigenvalue weighted by molar-refractivity contribution is 9.11. The van der Waals surface area contributed by atoms with Crippen molar-refractivity contribution >= 4 is 33.5 Å². The maximum absolute atomic E-state index is 11.7. The predicted molar refractivity (Wildman–Crippen MR) is 78.0 cm³/mol. The first-order valence-corrected chi connectivity index (χ1v) is 7.52. The Hall–Kier alpha value is -0.990. The molecule has 1 aliphatic rings. The minimum atomic E-state index is -0.511. The molecule has 0 spiro atoms. The summed E-state index contributed by atoms with van der Waals surface area (Å²) in [5.41, 5.74) is 5.05. The van der Waals surface area contributed by atoms with Crippen molar-refractivity contribution in [2.45, 2.75) is 23.1 Å². The summed E-state index contributed by atoms with van der Waals surface area (Å²) in [6, 6.07) is 1.58. The lowest BCUT2D eigenvalue weighted by atomic mass is 10.2. The van der Waals surface area contributed by atoms with E-state index in [1.165, 1.54) is 22.6 Å². The molecule has 0 aliphatic carbocycles. The van der Waals surface area contributed by atoms with Gasteiger partial charge in [0.2, 0.25) is 0 Å². The molecule has 19 heavy (non-hydrogen) atoms. The summed E-state index contributed by atoms with van der Waals surface area (Å²) in [4.78, 5) is 17.0. The van der Waals surface area contributed by atoms with Crippen LogP contribution in [0.4, 0.5) is 5.82 Å². The first kappa shape index (κ1) is 14.4. The fraction of sp³-hybridized carbons (Fsp3) is 0.455. The normalized spacial score (nSPS) is 26.9. The van der Waals surface area contributed by atoms with Crippen LogP contribution in [-0.2, 0) is 4.74 Å². The van der Waals surface area contributed by atoms with E-state index >= 15 is 0 Å². The number of thioether (sulfide) groups is 1. The van der Waals surface area contributed by atoms with Crippen LogP contribution < -0.4 is 11.4 Å². The van der Waals surface area contributed by atoms with Crippen molar-refractivity contribution in [1.82, 2.24) is 9.55 Å². The fourth-order valence-corrected chi connectivity index (χ4v) is 3.47. The van der Waals surface area contributed by atoms with E-state index in [4.69, 9.17) is 10.5 Å². The maximum Gasteiger partial charge on any atom is 0.350 e. The summed E-state index contributed by atoms with van der Waals surface area (Å²) in [5.74, 6) is 0.201. The van der Waals surface area contributed by atoms with Gasteiger partial charge >= 0.3 is 5.69 Å². The third-order valence-electron chi connectivity index (χ3n) is 2.77. The Morgan fingerprint density at radius 1 is 1.74 bits per heavy atom. The van der Waals surface area contributed by atoms with Gasteiger partial charge in [0, 0.05) is 17.6 Å². The van der Waals surface area contributed by atoms with Crippen molar-refractivity contribution in [3.8, 4) is 0 Å². The van der Waals surface area contributed by atoms with Crippen LogP contribution in [0.5, 0.6) is 0 Å². The van der Waals surface area contributed by atoms with Gasteiger partial charge < -0.3 is 15.6 Å². The highest BCUT2D eigenvalue weighted by atomic mass is 79.9. The smallest absolute Gasteiger partial charge is 0.350 e. The third kappa shape index (κ3) is 3.52. The van der Waals surface area contributed by atoms with Gasteiger partial charge in [0.25, 0.3) is 0 Å². The quantitative estimate of drug-likeness (QED) is 0.792. The Bertz CT molecular complexity index is 522. The number of hydrogen-bond donors (Lipinski definition) is 2. The summed E-state index contributed by atoms with van der Waals surface area (Å²) in [5, 5.41) is 9.76. The largest absolute Gasteiger partial charge is 0.499 e. The zero-order valence-corrected chi connectivity index (χ0v) is 12.4. The van der Waals surface area contributed by atoms with E-state index in [9.17, 15) is 9.90 Å². The second kappa shape index (κ2) is 6.44. The molecule has 3 N–H and O–H groups in total. The van der Waals surface area contributed by atoms with E-state index < -0.39 is 11.8 Å². The molecule has 0 aromatic carbocycles. The lowest BCUT2D eigenvalue weighted by Crippen LogP contribution is -2.25. The molecule has 6 nitrogen and oxygen atoms in total. The molecule has 0 radical (unpaired) electrons. The Morgan fingerprint density at radius 3 is 3.21 bits per heavy atom. The number of ether oxygens (including phenoxy) is 1. The van der Waals surface area contributed by atoms with Gasteiger partial charge in [0.05, 0.1) is 23.0 Å². The van der Waals surface area contributed by atoms with E-state index in [0.29, 0.717) is 13.0 Å². The monoisotopic (exact) mass is 347 g/mol. The number of anilines is 1. The number of nitrogens with two attached hydrogens (primary N) is 1. The highest BCUT2D eigenvalue weighted by Crippen LogP contribution is 2.40. The fourth-order valence-electron chi connectivity index (χ4n) is 1.87. The van der Waals surface area contributed by atoms with Gasteiger partial charge in [-0.3, -0.25) is 4.57 Å². The van der Waals surface area contributed by atoms with Gasteiger partial charge in [0.15, 0.2) is 0 Å². The van der Waals surface area contributed by atoms with Crippen molar-refractivity contribution < 1.29 is 9.84 Å². The van der Waals surface area contributed by atoms with Gasteiger partial charge in [-0.1, -0.05) is 15.9 Å². The Labute approximate surface area is 122 Å². The van der Waals surface area contributed by atoms with E-state index in [1.807, 2.05) is 0 Å². The zero-order chi connectivity index (χ0) is 13.8. The van der Waals surface area contributed by atoms with Crippen LogP contribution in [0.15, 0.2) is 28.3 Å². The molecule has 1 fully saturated rings. The second-order valence-electron chi connectivity index (χ2n) is 4.07. The molecule has 104 valence electrons. The van der Waals surface area contributed by atoms with Gasteiger partial charge in [-0.2, -0.15) is 4.98 Å². The second-order valence-corrected chi connectivity index (χ2v) is 6.02. The van der Waals surface area contributed by atoms with Gasteiger partial charge in [0.1, 0.15) is 12.4 Å². The summed E-state index contributed by atoms with van der Waals surface area (Å²) in [6.45, 7) is 0.390. The van der Waals surface area contributed by atoms with Crippen LogP contribution in [0.3, 0.4) is 0 Å². The van der Waals surface area contributed by atoms with E-state index in [2.05, 4.69) is 20.9 Å². The van der Waals surface area contributed by atoms with E-state index in [-0.39, 0.29) is 16.4 Å². The molecule has 0 bridgehead atoms. The van der Waals surface area contributed by atoms with Gasteiger partial charge in [-0.15, -0.1) is 11.8 Å². The lowest BCUT2D eigenvalue weighted by Gasteiger charge is -2.13. The Morgan fingerprint density at radius 2 is 2.53 bits per heavy atom. The van der Waals surface area contributed by atoms with Crippen molar-refractivity contribution in [3.05, 3.63) is 34.0 Å². The van der Waals surface area contributed by atoms with Gasteiger partial charge in [-0.25, -0.2) is 4.79 Å². The first-order chi connectivity index (χ1) is 9.11. The molecule has 1 aliphatic heterocycles. The minimum Gasteiger partial charge on any atom is -0.499 e. The zero-order valence-electron chi connectivity index (χ0n) is 9.98. The molecule has 3 atom stereocenters. The Kier molecular flexibility index (Phi) is 4.89. The summed E-state index contributed by atoms with van der Waals surface area (Å²) < 4.78 is 6.73. The highest BCUT2D eigenvalue weighted by Gasteiger charge is 2.35. The molecular weight excluding hydrogens is 334 g/mol. The number of aromatic nitrogens is 2. The number of aliphatic hydroxyl groups is 1. The predicted octanol–water partition coefficient (Wildman–Crippen LogP) is 1.07. The molecule has 1 aromatic rings. The standard InChI is InChI=1S/C11H14BrN3O3S/c12-2-4-18-6-8-7(16)5-10(19-8)15-3-1-9(13)14-11(15)17/h1-4,7-8,10,16H,5-6H2,(H2,13,14,17)/b4-2+/t7-,8+,10+/m0/s1. The van der Waals surface area contributed by atoms with Gasteiger partial charge in [-0.05, 0) is 6.07 Å². The number of aliphatic hydroxyl groups excluding tert-OH is 1. The topological polar surface area (TPSA) is 90.4 Å². The SMILES string of the molecule is Nc1ccn([C@H]2C[C@H](O)[C@@H](CO/C=C/Br)S2)c(=O)n1. The van der Waals surface area contributed by atoms with Crippen molar-refractivity contribution in [1.29, 1.82) is 0 Å². The average molecular weight is 348 g/mol. The number of halogens is 1. The van der Waals surface area contributed by atoms with E-state index in [1.54, 1.807) is 17.2 Å². The third-order valence-corrected chi connectivity index (χ3v) is 4.52. The minimum absolute atomic E-state index is 0.0712. The van der Waals surface area contributed by atoms with E-state index in [0.717, 1.165) is 0 Å². The number of nitrogens with zero attached hydrogens (tertiary/aromatic N) is 2. The van der Waals surface area contributed by atoms with Crippen LogP contribution in [0.1, 0.15) is 11.8 Å². The van der Waals surface area contributed by atoms with Crippen LogP contribution in [0, 0.1) is 0 Å². The molecule has 0 saturated carbocycles. The first-order valence-electron chi connectivity index (χ1n) is 5.67. The van der Waals surface area contributed by atoms with Crippen molar-refractivity contribution in [2.75, 3.05) is 12.3 Å². The molecule has 1 saturated heterocycles. The van der Waals surface area contributed by atoms with Crippen LogP contribution >= 0.6 is 27.7 Å². The number of rotatable bonds is 4. The lowest BCUT2D eigenvalue weighted by molar-refractivity contribution is 0.131. The van der Waals surface area contributed by atoms with Crippen molar-refractivity contribution in [2.24, 2.45) is 0 Å². The number of nitrogen functional groups attached to an aromatic ring is 1. The summed E-state index contributed by atoms with van der Waals surface area (Å²) >= 11 is 4.60. The molecule has 2 heterocycles. The molecular formula is C11H14BrN3O3S. The maximum atomic E-state index is 11.7. The Balaban J connectivity index is 2.05. The van der Waals surface area contributed by atoms with Crippen molar-refractivity contribution in [3.63, 3.8) is 0 Å². The molecule has 8 heteroatoms. The number of hydrogen-bond acceptors (Lipinski definition) is 6. The van der Waals surface area contributed by atoms with Crippen LogP contribution in [0.25, 0.3) is 0 Å².